The van der Waals surface area contributed by atoms with Gasteiger partial charge < -0.3 is 14.5 Å². The van der Waals surface area contributed by atoms with E-state index in [0.717, 1.165) is 19.4 Å². The van der Waals surface area contributed by atoms with E-state index in [4.69, 9.17) is 9.63 Å². The van der Waals surface area contributed by atoms with E-state index in [1.54, 1.807) is 6.92 Å². The van der Waals surface area contributed by atoms with Crippen molar-refractivity contribution in [2.75, 3.05) is 13.1 Å². The fourth-order valence-corrected chi connectivity index (χ4v) is 2.67. The van der Waals surface area contributed by atoms with E-state index in [9.17, 15) is 9.59 Å². The van der Waals surface area contributed by atoms with Gasteiger partial charge in [0.2, 0.25) is 11.8 Å². The third-order valence-electron chi connectivity index (χ3n) is 3.76. The molecule has 0 bridgehead atoms. The minimum Gasteiger partial charge on any atom is -0.481 e. The highest BCUT2D eigenvalue weighted by atomic mass is 16.5. The number of nitrogens with zero attached hydrogens (tertiary/aromatic N) is 3. The first-order valence-corrected chi connectivity index (χ1v) is 7.33. The molecule has 7 nitrogen and oxygen atoms in total. The smallest absolute Gasteiger partial charge is 0.303 e. The van der Waals surface area contributed by atoms with Crippen LogP contribution in [0.3, 0.4) is 0 Å². The fraction of sp³-hybridized carbons (Fsp3) is 0.714. The predicted molar refractivity (Wildman–Crippen MR) is 73.5 cm³/mol. The molecule has 2 heterocycles. The molecule has 7 heteroatoms. The minimum atomic E-state index is -0.773. The average molecular weight is 295 g/mol. The molecule has 0 spiro atoms. The van der Waals surface area contributed by atoms with Gasteiger partial charge in [0.25, 0.3) is 0 Å². The third-order valence-corrected chi connectivity index (χ3v) is 3.76. The molecule has 0 saturated carbocycles. The molecule has 1 N–H and O–H groups in total. The van der Waals surface area contributed by atoms with Gasteiger partial charge in [-0.15, -0.1) is 0 Å². The van der Waals surface area contributed by atoms with Gasteiger partial charge >= 0.3 is 5.97 Å². The van der Waals surface area contributed by atoms with Crippen LogP contribution in [0.15, 0.2) is 4.52 Å². The molecule has 1 saturated heterocycles. The maximum atomic E-state index is 12.2. The molecular weight excluding hydrogens is 274 g/mol. The zero-order chi connectivity index (χ0) is 15.2. The molecule has 1 fully saturated rings. The molecule has 1 aliphatic heterocycles. The van der Waals surface area contributed by atoms with Crippen LogP contribution in [-0.2, 0) is 16.0 Å². The third kappa shape index (κ3) is 4.84. The molecule has 1 amide bonds. The van der Waals surface area contributed by atoms with Gasteiger partial charge in [-0.2, -0.15) is 4.98 Å². The molecule has 0 aliphatic carbocycles. The largest absolute Gasteiger partial charge is 0.481 e. The van der Waals surface area contributed by atoms with Crippen molar-refractivity contribution in [3.8, 4) is 0 Å². The van der Waals surface area contributed by atoms with Crippen LogP contribution in [-0.4, -0.2) is 45.1 Å². The van der Waals surface area contributed by atoms with Gasteiger partial charge in [0.05, 0.1) is 0 Å². The number of hydrogen-bond acceptors (Lipinski definition) is 5. The van der Waals surface area contributed by atoms with Crippen LogP contribution < -0.4 is 0 Å². The number of likely N-dealkylation sites (tertiary alicyclic amines) is 1. The summed E-state index contributed by atoms with van der Waals surface area (Å²) in [7, 11) is 0. The normalized spacial score (nSPS) is 18.7. The summed E-state index contributed by atoms with van der Waals surface area (Å²) < 4.78 is 4.99. The number of carboxylic acid groups (broad SMARTS) is 1. The van der Waals surface area contributed by atoms with Gasteiger partial charge in [0.1, 0.15) is 0 Å². The van der Waals surface area contributed by atoms with Crippen molar-refractivity contribution in [1.29, 1.82) is 0 Å². The van der Waals surface area contributed by atoms with Crippen LogP contribution in [0.1, 0.15) is 43.8 Å². The molecule has 2 rings (SSSR count). The SMILES string of the molecule is Cc1noc(CCC(=O)N2CCCC(CCC(=O)O)C2)n1. The Morgan fingerprint density at radius 1 is 1.43 bits per heavy atom. The van der Waals surface area contributed by atoms with E-state index >= 15 is 0 Å². The second-order valence-electron chi connectivity index (χ2n) is 5.52. The average Bonchev–Trinajstić information content (AvgIpc) is 2.88. The molecule has 116 valence electrons. The van der Waals surface area contributed by atoms with E-state index in [0.29, 0.717) is 43.4 Å². The number of rotatable bonds is 6. The molecule has 0 radical (unpaired) electrons. The Bertz CT molecular complexity index is 500. The van der Waals surface area contributed by atoms with Gasteiger partial charge in [-0.1, -0.05) is 5.16 Å². The number of carboxylic acids is 1. The van der Waals surface area contributed by atoms with Crippen LogP contribution in [0.4, 0.5) is 0 Å². The summed E-state index contributed by atoms with van der Waals surface area (Å²) in [5.41, 5.74) is 0. The Balaban J connectivity index is 1.77. The first-order chi connectivity index (χ1) is 10.0. The van der Waals surface area contributed by atoms with Crippen molar-refractivity contribution in [2.24, 2.45) is 5.92 Å². The van der Waals surface area contributed by atoms with Crippen molar-refractivity contribution in [3.63, 3.8) is 0 Å². The van der Waals surface area contributed by atoms with E-state index in [-0.39, 0.29) is 12.3 Å². The minimum absolute atomic E-state index is 0.0749. The Hall–Kier alpha value is -1.92. The highest BCUT2D eigenvalue weighted by molar-refractivity contribution is 5.76. The van der Waals surface area contributed by atoms with Crippen molar-refractivity contribution >= 4 is 11.9 Å². The van der Waals surface area contributed by atoms with Crippen molar-refractivity contribution in [1.82, 2.24) is 15.0 Å². The maximum absolute atomic E-state index is 12.2. The number of carbonyl (C=O) groups excluding carboxylic acids is 1. The number of carbonyl (C=O) groups is 2. The molecule has 1 aromatic heterocycles. The number of piperidine rings is 1. The Labute approximate surface area is 123 Å². The number of amides is 1. The fourth-order valence-electron chi connectivity index (χ4n) is 2.67. The zero-order valence-corrected chi connectivity index (χ0v) is 12.2. The van der Waals surface area contributed by atoms with Gasteiger partial charge in [-0.05, 0) is 32.1 Å². The van der Waals surface area contributed by atoms with Crippen LogP contribution in [0.5, 0.6) is 0 Å². The number of aromatic nitrogens is 2. The van der Waals surface area contributed by atoms with E-state index in [1.165, 1.54) is 0 Å². The quantitative estimate of drug-likeness (QED) is 0.852. The topological polar surface area (TPSA) is 96.5 Å². The Morgan fingerprint density at radius 2 is 2.24 bits per heavy atom. The first kappa shape index (κ1) is 15.5. The highest BCUT2D eigenvalue weighted by Gasteiger charge is 2.24. The van der Waals surface area contributed by atoms with Crippen LogP contribution in [0.2, 0.25) is 0 Å². The van der Waals surface area contributed by atoms with Gasteiger partial charge in [-0.3, -0.25) is 9.59 Å². The van der Waals surface area contributed by atoms with Gasteiger partial charge in [0.15, 0.2) is 5.82 Å². The maximum Gasteiger partial charge on any atom is 0.303 e. The molecule has 1 aromatic rings. The molecule has 0 aromatic carbocycles. The Kier molecular flexibility index (Phi) is 5.30. The van der Waals surface area contributed by atoms with Crippen molar-refractivity contribution in [3.05, 3.63) is 11.7 Å². The monoisotopic (exact) mass is 295 g/mol. The van der Waals surface area contributed by atoms with Crippen LogP contribution in [0.25, 0.3) is 0 Å². The molecule has 1 aliphatic rings. The zero-order valence-electron chi connectivity index (χ0n) is 12.2. The van der Waals surface area contributed by atoms with Gasteiger partial charge in [-0.25, -0.2) is 0 Å². The first-order valence-electron chi connectivity index (χ1n) is 7.33. The van der Waals surface area contributed by atoms with Gasteiger partial charge in [0, 0.05) is 32.4 Å². The van der Waals surface area contributed by atoms with E-state index in [1.807, 2.05) is 4.90 Å². The van der Waals surface area contributed by atoms with Crippen LogP contribution >= 0.6 is 0 Å². The number of hydrogen-bond donors (Lipinski definition) is 1. The summed E-state index contributed by atoms with van der Waals surface area (Å²) in [6.45, 7) is 3.16. The molecule has 1 atom stereocenters. The lowest BCUT2D eigenvalue weighted by atomic mass is 9.93. The standard InChI is InChI=1S/C14H21N3O4/c1-10-15-12(21-16-10)5-6-13(18)17-8-2-3-11(9-17)4-7-14(19)20/h11H,2-9H2,1H3,(H,19,20). The second kappa shape index (κ2) is 7.19. The lowest BCUT2D eigenvalue weighted by molar-refractivity contribution is -0.137. The lowest BCUT2D eigenvalue weighted by Crippen LogP contribution is -2.40. The summed E-state index contributed by atoms with van der Waals surface area (Å²) in [6, 6.07) is 0. The molecular formula is C14H21N3O4. The summed E-state index contributed by atoms with van der Waals surface area (Å²) in [5.74, 6) is 0.657. The summed E-state index contributed by atoms with van der Waals surface area (Å²) in [5, 5.41) is 12.4. The number of aliphatic carboxylic acids is 1. The van der Waals surface area contributed by atoms with Crippen molar-refractivity contribution in [2.45, 2.75) is 45.4 Å². The predicted octanol–water partition coefficient (Wildman–Crippen LogP) is 1.41. The lowest BCUT2D eigenvalue weighted by Gasteiger charge is -2.32. The summed E-state index contributed by atoms with van der Waals surface area (Å²) >= 11 is 0. The van der Waals surface area contributed by atoms with Crippen molar-refractivity contribution < 1.29 is 19.2 Å². The van der Waals surface area contributed by atoms with E-state index < -0.39 is 5.97 Å². The number of aryl methyl sites for hydroxylation is 2. The second-order valence-corrected chi connectivity index (χ2v) is 5.52. The van der Waals surface area contributed by atoms with E-state index in [2.05, 4.69) is 10.1 Å². The summed E-state index contributed by atoms with van der Waals surface area (Å²) in [4.78, 5) is 28.7. The Morgan fingerprint density at radius 3 is 2.90 bits per heavy atom. The highest BCUT2D eigenvalue weighted by Crippen LogP contribution is 2.21. The molecule has 21 heavy (non-hydrogen) atoms. The summed E-state index contributed by atoms with van der Waals surface area (Å²) in [6.07, 6.45) is 3.56. The van der Waals surface area contributed by atoms with Crippen LogP contribution in [0, 0.1) is 12.8 Å². The molecule has 1 unspecified atom stereocenters.